The molecule has 0 aromatic heterocycles. The van der Waals surface area contributed by atoms with Crippen molar-refractivity contribution in [2.75, 3.05) is 19.5 Å². The number of carbonyl (C=O) groups excluding carboxylic acids is 2. The van der Waals surface area contributed by atoms with E-state index in [-0.39, 0.29) is 24.5 Å². The number of benzene rings is 2. The summed E-state index contributed by atoms with van der Waals surface area (Å²) in [5, 5.41) is 16.0. The van der Waals surface area contributed by atoms with E-state index < -0.39 is 5.91 Å². The number of para-hydroxylation sites is 2. The summed E-state index contributed by atoms with van der Waals surface area (Å²) in [5.41, 5.74) is 3.53. The molecule has 0 saturated carbocycles. The van der Waals surface area contributed by atoms with Crippen LogP contribution in [0.4, 0.5) is 5.69 Å². The van der Waals surface area contributed by atoms with Crippen molar-refractivity contribution in [3.8, 4) is 17.2 Å². The molecule has 2 aromatic rings. The predicted octanol–water partition coefficient (Wildman–Crippen LogP) is 2.28. The highest BCUT2D eigenvalue weighted by atomic mass is 16.5. The summed E-state index contributed by atoms with van der Waals surface area (Å²) >= 11 is 0. The maximum absolute atomic E-state index is 12.0. The minimum Gasteiger partial charge on any atom is -0.504 e. The molecule has 0 saturated heterocycles. The van der Waals surface area contributed by atoms with Crippen molar-refractivity contribution in [3.63, 3.8) is 0 Å². The topological polar surface area (TPSA) is 109 Å². The fraction of sp³-hybridized carbons (Fsp3) is 0.211. The Morgan fingerprint density at radius 1 is 1.04 bits per heavy atom. The highest BCUT2D eigenvalue weighted by molar-refractivity contribution is 5.94. The molecule has 2 rings (SSSR count). The number of phenolic OH excluding ortho intramolecular Hbond substituents is 1. The Hall–Kier alpha value is -3.55. The summed E-state index contributed by atoms with van der Waals surface area (Å²) in [6.45, 7) is 0. The molecule has 0 spiro atoms. The van der Waals surface area contributed by atoms with Crippen molar-refractivity contribution in [1.82, 2.24) is 5.43 Å². The first kappa shape index (κ1) is 19.8. The number of ether oxygens (including phenoxy) is 2. The van der Waals surface area contributed by atoms with Gasteiger partial charge in [0.25, 0.3) is 0 Å². The zero-order chi connectivity index (χ0) is 19.6. The van der Waals surface area contributed by atoms with Crippen LogP contribution in [-0.4, -0.2) is 37.4 Å². The van der Waals surface area contributed by atoms with Gasteiger partial charge in [0, 0.05) is 12.8 Å². The van der Waals surface area contributed by atoms with Gasteiger partial charge < -0.3 is 19.9 Å². The number of anilines is 1. The zero-order valence-corrected chi connectivity index (χ0v) is 15.1. The van der Waals surface area contributed by atoms with E-state index in [0.29, 0.717) is 22.7 Å². The molecule has 27 heavy (non-hydrogen) atoms. The lowest BCUT2D eigenvalue weighted by Gasteiger charge is -2.09. The molecular formula is C19H21N3O5. The third kappa shape index (κ3) is 6.03. The fourth-order valence-corrected chi connectivity index (χ4v) is 2.20. The Morgan fingerprint density at radius 3 is 2.48 bits per heavy atom. The van der Waals surface area contributed by atoms with Crippen molar-refractivity contribution in [3.05, 3.63) is 48.0 Å². The van der Waals surface area contributed by atoms with E-state index in [9.17, 15) is 14.7 Å². The monoisotopic (exact) mass is 371 g/mol. The smallest absolute Gasteiger partial charge is 0.240 e. The van der Waals surface area contributed by atoms with Gasteiger partial charge in [-0.15, -0.1) is 0 Å². The molecule has 2 amide bonds. The maximum Gasteiger partial charge on any atom is 0.240 e. The average Bonchev–Trinajstić information content (AvgIpc) is 2.68. The molecule has 0 fully saturated rings. The lowest BCUT2D eigenvalue weighted by Crippen LogP contribution is -2.20. The Labute approximate surface area is 156 Å². The number of methoxy groups -OCH3 is 2. The minimum atomic E-state index is -0.396. The number of nitrogens with one attached hydrogen (secondary N) is 2. The van der Waals surface area contributed by atoms with Gasteiger partial charge in [-0.3, -0.25) is 9.59 Å². The van der Waals surface area contributed by atoms with Crippen molar-refractivity contribution >= 4 is 23.7 Å². The van der Waals surface area contributed by atoms with E-state index in [1.54, 1.807) is 36.4 Å². The quantitative estimate of drug-likeness (QED) is 0.487. The van der Waals surface area contributed by atoms with Crippen LogP contribution in [0, 0.1) is 0 Å². The second-order valence-corrected chi connectivity index (χ2v) is 5.47. The summed E-state index contributed by atoms with van der Waals surface area (Å²) in [4.78, 5) is 23.8. The molecule has 0 heterocycles. The van der Waals surface area contributed by atoms with Gasteiger partial charge in [0.2, 0.25) is 11.8 Å². The summed E-state index contributed by atoms with van der Waals surface area (Å²) in [6.07, 6.45) is 1.40. The Morgan fingerprint density at radius 2 is 1.74 bits per heavy atom. The lowest BCUT2D eigenvalue weighted by atomic mass is 10.2. The Kier molecular flexibility index (Phi) is 7.18. The van der Waals surface area contributed by atoms with Crippen LogP contribution in [0.1, 0.15) is 18.4 Å². The number of amides is 2. The van der Waals surface area contributed by atoms with Gasteiger partial charge in [0.1, 0.15) is 5.75 Å². The highest BCUT2D eigenvalue weighted by Crippen LogP contribution is 2.25. The van der Waals surface area contributed by atoms with Crippen LogP contribution in [0.5, 0.6) is 17.2 Å². The van der Waals surface area contributed by atoms with E-state index in [4.69, 9.17) is 9.47 Å². The standard InChI is InChI=1S/C19H21N3O5/c1-26-16-6-4-3-5-14(16)21-18(24)9-10-19(25)22-20-12-13-7-8-15(23)17(11-13)27-2/h3-8,11-12,23H,9-10H2,1-2H3,(H,21,24)(H,22,25). The molecule has 0 radical (unpaired) electrons. The van der Waals surface area contributed by atoms with E-state index in [2.05, 4.69) is 15.8 Å². The zero-order valence-electron chi connectivity index (χ0n) is 15.1. The lowest BCUT2D eigenvalue weighted by molar-refractivity contribution is -0.124. The number of hydrogen-bond donors (Lipinski definition) is 3. The highest BCUT2D eigenvalue weighted by Gasteiger charge is 2.09. The molecule has 0 aliphatic heterocycles. The number of rotatable bonds is 8. The molecule has 2 aromatic carbocycles. The number of nitrogens with zero attached hydrogens (tertiary/aromatic N) is 1. The largest absolute Gasteiger partial charge is 0.504 e. The van der Waals surface area contributed by atoms with Gasteiger partial charge in [0.15, 0.2) is 11.5 Å². The van der Waals surface area contributed by atoms with Crippen LogP contribution in [0.25, 0.3) is 0 Å². The summed E-state index contributed by atoms with van der Waals surface area (Å²) in [6, 6.07) is 11.7. The normalized spacial score (nSPS) is 10.4. The van der Waals surface area contributed by atoms with Crippen LogP contribution in [-0.2, 0) is 9.59 Å². The third-order valence-electron chi connectivity index (χ3n) is 3.57. The molecule has 142 valence electrons. The van der Waals surface area contributed by atoms with Gasteiger partial charge >= 0.3 is 0 Å². The predicted molar refractivity (Wildman–Crippen MR) is 101 cm³/mol. The number of hydrogen-bond acceptors (Lipinski definition) is 6. The summed E-state index contributed by atoms with van der Waals surface area (Å²) in [5.74, 6) is 0.163. The number of hydrazone groups is 1. The van der Waals surface area contributed by atoms with Gasteiger partial charge in [0.05, 0.1) is 26.1 Å². The number of aromatic hydroxyl groups is 1. The number of phenols is 1. The van der Waals surface area contributed by atoms with E-state index in [0.717, 1.165) is 0 Å². The maximum atomic E-state index is 12.0. The first-order chi connectivity index (χ1) is 13.0. The van der Waals surface area contributed by atoms with Crippen molar-refractivity contribution in [2.24, 2.45) is 5.10 Å². The molecule has 8 nitrogen and oxygen atoms in total. The minimum absolute atomic E-state index is 0.00638. The Bertz CT molecular complexity index is 836. The fourth-order valence-electron chi connectivity index (χ4n) is 2.20. The van der Waals surface area contributed by atoms with Crippen molar-refractivity contribution < 1.29 is 24.2 Å². The van der Waals surface area contributed by atoms with Crippen LogP contribution >= 0.6 is 0 Å². The van der Waals surface area contributed by atoms with E-state index in [1.165, 1.54) is 26.5 Å². The summed E-state index contributed by atoms with van der Waals surface area (Å²) in [7, 11) is 2.95. The molecule has 0 atom stereocenters. The van der Waals surface area contributed by atoms with E-state index >= 15 is 0 Å². The average molecular weight is 371 g/mol. The van der Waals surface area contributed by atoms with E-state index in [1.807, 2.05) is 0 Å². The molecule has 0 aliphatic carbocycles. The SMILES string of the molecule is COc1cc(C=NNC(=O)CCC(=O)Nc2ccccc2OC)ccc1O. The Balaban J connectivity index is 1.79. The first-order valence-corrected chi connectivity index (χ1v) is 8.15. The number of carbonyl (C=O) groups is 2. The second kappa shape index (κ2) is 9.81. The summed E-state index contributed by atoms with van der Waals surface area (Å²) < 4.78 is 10.1. The van der Waals surface area contributed by atoms with Crippen LogP contribution in [0.3, 0.4) is 0 Å². The molecule has 0 bridgehead atoms. The molecule has 0 unspecified atom stereocenters. The van der Waals surface area contributed by atoms with Gasteiger partial charge in [-0.1, -0.05) is 12.1 Å². The second-order valence-electron chi connectivity index (χ2n) is 5.47. The van der Waals surface area contributed by atoms with Crippen LogP contribution in [0.15, 0.2) is 47.6 Å². The van der Waals surface area contributed by atoms with Crippen LogP contribution < -0.4 is 20.2 Å². The van der Waals surface area contributed by atoms with Crippen molar-refractivity contribution in [1.29, 1.82) is 0 Å². The first-order valence-electron chi connectivity index (χ1n) is 8.15. The van der Waals surface area contributed by atoms with Gasteiger partial charge in [-0.2, -0.15) is 5.10 Å². The molecule has 8 heteroatoms. The van der Waals surface area contributed by atoms with Crippen LogP contribution in [0.2, 0.25) is 0 Å². The van der Waals surface area contributed by atoms with Crippen molar-refractivity contribution in [2.45, 2.75) is 12.8 Å². The molecule has 0 aliphatic rings. The molecular weight excluding hydrogens is 350 g/mol. The molecule has 3 N–H and O–H groups in total. The third-order valence-corrected chi connectivity index (χ3v) is 3.57. The van der Waals surface area contributed by atoms with Gasteiger partial charge in [-0.05, 0) is 35.9 Å². The van der Waals surface area contributed by atoms with Gasteiger partial charge in [-0.25, -0.2) is 5.43 Å².